The van der Waals surface area contributed by atoms with E-state index in [9.17, 15) is 4.79 Å². The van der Waals surface area contributed by atoms with E-state index in [1.54, 1.807) is 0 Å². The van der Waals surface area contributed by atoms with Crippen LogP contribution in [0.2, 0.25) is 5.02 Å². The van der Waals surface area contributed by atoms with Crippen LogP contribution in [0.5, 0.6) is 0 Å². The second-order valence-corrected chi connectivity index (χ2v) is 5.84. The van der Waals surface area contributed by atoms with E-state index < -0.39 is 0 Å². The van der Waals surface area contributed by atoms with Gasteiger partial charge in [0.15, 0.2) is 0 Å². The predicted molar refractivity (Wildman–Crippen MR) is 73.3 cm³/mol. The summed E-state index contributed by atoms with van der Waals surface area (Å²) in [6.07, 6.45) is 2.18. The molecular weight excluding hydrogens is 254 g/mol. The Morgan fingerprint density at radius 2 is 2.18 bits per heavy atom. The summed E-state index contributed by atoms with van der Waals surface area (Å²) in [5.41, 5.74) is 1.09. The van der Waals surface area contributed by atoms with Crippen LogP contribution in [0.25, 0.3) is 0 Å². The lowest BCUT2D eigenvalue weighted by Crippen LogP contribution is -2.33. The molecule has 1 fully saturated rings. The Morgan fingerprint density at radius 3 is 2.82 bits per heavy atom. The molecule has 1 aliphatic rings. The molecule has 0 bridgehead atoms. The SMILES string of the molecule is O=C(NCc1ccc(Cl)cc1)C1CCCSC1. The molecule has 1 N–H and O–H groups in total. The molecule has 1 aromatic carbocycles. The maximum absolute atomic E-state index is 11.9. The maximum Gasteiger partial charge on any atom is 0.224 e. The van der Waals surface area contributed by atoms with Crippen LogP contribution in [0.3, 0.4) is 0 Å². The molecule has 0 aromatic heterocycles. The van der Waals surface area contributed by atoms with Gasteiger partial charge in [-0.3, -0.25) is 4.79 Å². The minimum Gasteiger partial charge on any atom is -0.352 e. The third-order valence-corrected chi connectivity index (χ3v) is 4.38. The van der Waals surface area contributed by atoms with Crippen molar-refractivity contribution in [2.75, 3.05) is 11.5 Å². The molecule has 2 nitrogen and oxygen atoms in total. The average molecular weight is 270 g/mol. The van der Waals surface area contributed by atoms with E-state index in [2.05, 4.69) is 5.32 Å². The van der Waals surface area contributed by atoms with E-state index in [-0.39, 0.29) is 11.8 Å². The number of benzene rings is 1. The van der Waals surface area contributed by atoms with Crippen LogP contribution in [0.15, 0.2) is 24.3 Å². The lowest BCUT2D eigenvalue weighted by Gasteiger charge is -2.20. The first kappa shape index (κ1) is 12.8. The van der Waals surface area contributed by atoms with Crippen LogP contribution >= 0.6 is 23.4 Å². The summed E-state index contributed by atoms with van der Waals surface area (Å²) in [7, 11) is 0. The summed E-state index contributed by atoms with van der Waals surface area (Å²) >= 11 is 7.68. The zero-order valence-electron chi connectivity index (χ0n) is 9.62. The highest BCUT2D eigenvalue weighted by molar-refractivity contribution is 7.99. The molecule has 1 heterocycles. The minimum absolute atomic E-state index is 0.187. The van der Waals surface area contributed by atoms with Gasteiger partial charge in [0.2, 0.25) is 5.91 Å². The number of carbonyl (C=O) groups excluding carboxylic acids is 1. The molecule has 1 aromatic rings. The van der Waals surface area contributed by atoms with Crippen molar-refractivity contribution in [2.24, 2.45) is 5.92 Å². The van der Waals surface area contributed by atoms with Crippen molar-refractivity contribution >= 4 is 29.3 Å². The smallest absolute Gasteiger partial charge is 0.224 e. The van der Waals surface area contributed by atoms with Gasteiger partial charge < -0.3 is 5.32 Å². The molecule has 1 amide bonds. The van der Waals surface area contributed by atoms with E-state index in [0.29, 0.717) is 6.54 Å². The molecule has 0 radical (unpaired) electrons. The third kappa shape index (κ3) is 3.93. The van der Waals surface area contributed by atoms with E-state index in [4.69, 9.17) is 11.6 Å². The van der Waals surface area contributed by atoms with Crippen molar-refractivity contribution in [1.29, 1.82) is 0 Å². The van der Waals surface area contributed by atoms with Crippen molar-refractivity contribution in [2.45, 2.75) is 19.4 Å². The highest BCUT2D eigenvalue weighted by Gasteiger charge is 2.20. The zero-order chi connectivity index (χ0) is 12.1. The van der Waals surface area contributed by atoms with Crippen LogP contribution < -0.4 is 5.32 Å². The number of rotatable bonds is 3. The van der Waals surface area contributed by atoms with Crippen molar-refractivity contribution in [3.63, 3.8) is 0 Å². The van der Waals surface area contributed by atoms with Gasteiger partial charge in [0.05, 0.1) is 0 Å². The number of hydrogen-bond donors (Lipinski definition) is 1. The Balaban J connectivity index is 1.81. The van der Waals surface area contributed by atoms with Gasteiger partial charge in [0, 0.05) is 23.2 Å². The van der Waals surface area contributed by atoms with Crippen molar-refractivity contribution < 1.29 is 4.79 Å². The first-order chi connectivity index (χ1) is 8.25. The van der Waals surface area contributed by atoms with Gasteiger partial charge in [-0.05, 0) is 36.3 Å². The summed E-state index contributed by atoms with van der Waals surface area (Å²) in [5.74, 6) is 2.54. The number of nitrogens with one attached hydrogen (secondary N) is 1. The number of amides is 1. The van der Waals surface area contributed by atoms with Crippen molar-refractivity contribution in [1.82, 2.24) is 5.32 Å². The Kier molecular flexibility index (Phi) is 4.75. The monoisotopic (exact) mass is 269 g/mol. The number of halogens is 1. The molecule has 17 heavy (non-hydrogen) atoms. The summed E-state index contributed by atoms with van der Waals surface area (Å²) in [5, 5.41) is 3.72. The van der Waals surface area contributed by atoms with Gasteiger partial charge in [0.25, 0.3) is 0 Å². The second-order valence-electron chi connectivity index (χ2n) is 4.26. The molecule has 0 saturated carbocycles. The molecule has 1 saturated heterocycles. The lowest BCUT2D eigenvalue weighted by molar-refractivity contribution is -0.124. The van der Waals surface area contributed by atoms with E-state index in [1.807, 2.05) is 36.0 Å². The molecule has 92 valence electrons. The van der Waals surface area contributed by atoms with Crippen LogP contribution in [0.4, 0.5) is 0 Å². The van der Waals surface area contributed by atoms with Gasteiger partial charge >= 0.3 is 0 Å². The van der Waals surface area contributed by atoms with Gasteiger partial charge in [-0.2, -0.15) is 11.8 Å². The second kappa shape index (κ2) is 6.31. The fraction of sp³-hybridized carbons (Fsp3) is 0.462. The molecule has 1 aliphatic heterocycles. The van der Waals surface area contributed by atoms with Crippen LogP contribution in [0.1, 0.15) is 18.4 Å². The molecular formula is C13H16ClNOS. The molecule has 0 aliphatic carbocycles. The highest BCUT2D eigenvalue weighted by atomic mass is 35.5. The van der Waals surface area contributed by atoms with E-state index >= 15 is 0 Å². The largest absolute Gasteiger partial charge is 0.352 e. The Bertz CT molecular complexity index is 374. The summed E-state index contributed by atoms with van der Waals surface area (Å²) in [6.45, 7) is 0.594. The molecule has 4 heteroatoms. The van der Waals surface area contributed by atoms with Crippen molar-refractivity contribution in [3.05, 3.63) is 34.9 Å². The predicted octanol–water partition coefficient (Wildman–Crippen LogP) is 3.10. The van der Waals surface area contributed by atoms with Gasteiger partial charge in [-0.15, -0.1) is 0 Å². The van der Waals surface area contributed by atoms with E-state index in [0.717, 1.165) is 29.2 Å². The summed E-state index contributed by atoms with van der Waals surface area (Å²) in [6, 6.07) is 7.58. The normalized spacial score (nSPS) is 19.9. The molecule has 1 unspecified atom stereocenters. The fourth-order valence-corrected chi connectivity index (χ4v) is 3.15. The van der Waals surface area contributed by atoms with Crippen molar-refractivity contribution in [3.8, 4) is 0 Å². The molecule has 0 spiro atoms. The minimum atomic E-state index is 0.187. The highest BCUT2D eigenvalue weighted by Crippen LogP contribution is 2.22. The zero-order valence-corrected chi connectivity index (χ0v) is 11.2. The third-order valence-electron chi connectivity index (χ3n) is 2.91. The Morgan fingerprint density at radius 1 is 1.41 bits per heavy atom. The summed E-state index contributed by atoms with van der Waals surface area (Å²) < 4.78 is 0. The Hall–Kier alpha value is -0.670. The first-order valence-corrected chi connectivity index (χ1v) is 7.39. The number of carbonyl (C=O) groups is 1. The van der Waals surface area contributed by atoms with Crippen LogP contribution in [-0.2, 0) is 11.3 Å². The van der Waals surface area contributed by atoms with Gasteiger partial charge in [0.1, 0.15) is 0 Å². The Labute approximate surface area is 111 Å². The summed E-state index contributed by atoms with van der Waals surface area (Å²) in [4.78, 5) is 11.9. The topological polar surface area (TPSA) is 29.1 Å². The van der Waals surface area contributed by atoms with E-state index in [1.165, 1.54) is 5.75 Å². The van der Waals surface area contributed by atoms with Gasteiger partial charge in [-0.25, -0.2) is 0 Å². The number of thioether (sulfide) groups is 1. The maximum atomic E-state index is 11.9. The first-order valence-electron chi connectivity index (χ1n) is 5.85. The number of hydrogen-bond acceptors (Lipinski definition) is 2. The van der Waals surface area contributed by atoms with Gasteiger partial charge in [-0.1, -0.05) is 23.7 Å². The quantitative estimate of drug-likeness (QED) is 0.914. The van der Waals surface area contributed by atoms with Crippen LogP contribution in [-0.4, -0.2) is 17.4 Å². The molecule has 1 atom stereocenters. The fourth-order valence-electron chi connectivity index (χ4n) is 1.88. The standard InChI is InChI=1S/C13H16ClNOS/c14-12-5-3-10(4-6-12)8-15-13(16)11-2-1-7-17-9-11/h3-6,11H,1-2,7-9H2,(H,15,16). The molecule has 2 rings (SSSR count). The lowest BCUT2D eigenvalue weighted by atomic mass is 10.0. The average Bonchev–Trinajstić information content (AvgIpc) is 2.39. The van der Waals surface area contributed by atoms with Crippen LogP contribution in [0, 0.1) is 5.92 Å².